The van der Waals surface area contributed by atoms with Crippen LogP contribution >= 0.6 is 0 Å². The highest BCUT2D eigenvalue weighted by Crippen LogP contribution is 2.16. The molecule has 80 valence electrons. The number of hydrogen-bond donors (Lipinski definition) is 2. The second-order valence-corrected chi connectivity index (χ2v) is 3.02. The Kier molecular flexibility index (Phi) is 4.00. The minimum Gasteiger partial charge on any atom is -0.404 e. The molecule has 1 rings (SSSR count). The zero-order chi connectivity index (χ0) is 11.3. The van der Waals surface area contributed by atoms with Crippen LogP contribution < -0.4 is 11.5 Å². The molecule has 0 bridgehead atoms. The van der Waals surface area contributed by atoms with E-state index in [0.29, 0.717) is 16.7 Å². The molecule has 0 aliphatic carbocycles. The Bertz CT molecular complexity index is 397. The second-order valence-electron chi connectivity index (χ2n) is 3.02. The van der Waals surface area contributed by atoms with Crippen molar-refractivity contribution in [3.8, 4) is 0 Å². The number of halogens is 1. The summed E-state index contributed by atoms with van der Waals surface area (Å²) < 4.78 is 13.4. The van der Waals surface area contributed by atoms with Crippen LogP contribution in [-0.4, -0.2) is 13.3 Å². The van der Waals surface area contributed by atoms with Gasteiger partial charge in [0.1, 0.15) is 5.82 Å². The molecule has 3 nitrogen and oxygen atoms in total. The van der Waals surface area contributed by atoms with Gasteiger partial charge in [0.15, 0.2) is 0 Å². The molecule has 0 unspecified atom stereocenters. The highest BCUT2D eigenvalue weighted by atomic mass is 19.1. The maximum atomic E-state index is 13.4. The van der Waals surface area contributed by atoms with Crippen LogP contribution in [0.4, 0.5) is 4.39 Å². The second kappa shape index (κ2) is 5.26. The first-order valence-corrected chi connectivity index (χ1v) is 4.55. The van der Waals surface area contributed by atoms with Gasteiger partial charge in [0.2, 0.25) is 0 Å². The molecule has 0 aliphatic rings. The zero-order valence-corrected chi connectivity index (χ0v) is 8.57. The average Bonchev–Trinajstić information content (AvgIpc) is 2.25. The Balaban J connectivity index is 3.11. The van der Waals surface area contributed by atoms with Gasteiger partial charge in [-0.1, -0.05) is 12.1 Å². The van der Waals surface area contributed by atoms with E-state index in [2.05, 4.69) is 4.99 Å². The molecule has 0 saturated carbocycles. The van der Waals surface area contributed by atoms with Crippen molar-refractivity contribution >= 4 is 11.8 Å². The largest absolute Gasteiger partial charge is 0.404 e. The smallest absolute Gasteiger partial charge is 0.128 e. The molecule has 0 radical (unpaired) electrons. The van der Waals surface area contributed by atoms with Crippen LogP contribution in [0.3, 0.4) is 0 Å². The van der Waals surface area contributed by atoms with Crippen LogP contribution in [0.2, 0.25) is 0 Å². The van der Waals surface area contributed by atoms with Crippen molar-refractivity contribution in [2.24, 2.45) is 16.5 Å². The van der Waals surface area contributed by atoms with E-state index in [1.165, 1.54) is 12.3 Å². The maximum Gasteiger partial charge on any atom is 0.128 e. The molecule has 0 heterocycles. The summed E-state index contributed by atoms with van der Waals surface area (Å²) >= 11 is 0. The van der Waals surface area contributed by atoms with Crippen molar-refractivity contribution in [2.45, 2.75) is 6.54 Å². The molecule has 0 fully saturated rings. The van der Waals surface area contributed by atoms with Crippen molar-refractivity contribution < 1.29 is 4.39 Å². The lowest BCUT2D eigenvalue weighted by Crippen LogP contribution is -2.01. The third-order valence-electron chi connectivity index (χ3n) is 2.05. The molecule has 0 aliphatic heterocycles. The van der Waals surface area contributed by atoms with Crippen molar-refractivity contribution in [2.75, 3.05) is 7.05 Å². The van der Waals surface area contributed by atoms with Crippen molar-refractivity contribution in [3.05, 3.63) is 41.3 Å². The maximum absolute atomic E-state index is 13.4. The highest BCUT2D eigenvalue weighted by molar-refractivity contribution is 6.09. The molecule has 0 amide bonds. The van der Waals surface area contributed by atoms with Crippen molar-refractivity contribution in [3.63, 3.8) is 0 Å². The number of aliphatic imine (C=N–C) groups is 1. The summed E-state index contributed by atoms with van der Waals surface area (Å²) in [4.78, 5) is 3.84. The summed E-state index contributed by atoms with van der Waals surface area (Å²) in [5, 5.41) is 0. The van der Waals surface area contributed by atoms with Gasteiger partial charge in [0, 0.05) is 37.1 Å². The lowest BCUT2D eigenvalue weighted by atomic mass is 10.1. The summed E-state index contributed by atoms with van der Waals surface area (Å²) in [6, 6.07) is 4.83. The standard InChI is InChI=1S/C11H14FN3/c1-15-7-10(6-14)8-2-3-9(5-13)11(12)4-8/h2-4,6-7H,5,13-14H2,1H3/b10-6+,15-7?. The van der Waals surface area contributed by atoms with E-state index in [1.807, 2.05) is 0 Å². The van der Waals surface area contributed by atoms with E-state index in [1.54, 1.807) is 25.4 Å². The number of rotatable bonds is 3. The SMILES string of the molecule is CN=C/C(=C\N)c1ccc(CN)c(F)c1. The van der Waals surface area contributed by atoms with Crippen LogP contribution in [0.5, 0.6) is 0 Å². The molecular formula is C11H14FN3. The first-order chi connectivity index (χ1) is 7.22. The van der Waals surface area contributed by atoms with Crippen LogP contribution in [0.1, 0.15) is 11.1 Å². The van der Waals surface area contributed by atoms with Gasteiger partial charge in [-0.15, -0.1) is 0 Å². The van der Waals surface area contributed by atoms with Gasteiger partial charge in [-0.2, -0.15) is 0 Å². The van der Waals surface area contributed by atoms with Gasteiger partial charge in [-0.05, 0) is 11.6 Å². The normalized spacial score (nSPS) is 12.3. The Morgan fingerprint density at radius 2 is 2.27 bits per heavy atom. The average molecular weight is 207 g/mol. The fourth-order valence-electron chi connectivity index (χ4n) is 1.25. The minimum absolute atomic E-state index is 0.190. The van der Waals surface area contributed by atoms with Crippen LogP contribution in [0.15, 0.2) is 29.4 Å². The topological polar surface area (TPSA) is 64.4 Å². The predicted molar refractivity (Wildman–Crippen MR) is 60.9 cm³/mol. The summed E-state index contributed by atoms with van der Waals surface area (Å²) in [7, 11) is 1.63. The summed E-state index contributed by atoms with van der Waals surface area (Å²) in [6.07, 6.45) is 2.97. The van der Waals surface area contributed by atoms with E-state index in [0.717, 1.165) is 0 Å². The molecule has 4 N–H and O–H groups in total. The number of nitrogens with zero attached hydrogens (tertiary/aromatic N) is 1. The van der Waals surface area contributed by atoms with E-state index < -0.39 is 0 Å². The van der Waals surface area contributed by atoms with Gasteiger partial charge in [-0.25, -0.2) is 4.39 Å². The number of nitrogens with two attached hydrogens (primary N) is 2. The molecule has 0 spiro atoms. The molecule has 0 aromatic heterocycles. The van der Waals surface area contributed by atoms with Crippen molar-refractivity contribution in [1.82, 2.24) is 0 Å². The lowest BCUT2D eigenvalue weighted by molar-refractivity contribution is 0.610. The monoisotopic (exact) mass is 207 g/mol. The number of allylic oxidation sites excluding steroid dienone is 1. The lowest BCUT2D eigenvalue weighted by Gasteiger charge is -2.04. The quantitative estimate of drug-likeness (QED) is 0.733. The molecule has 1 aromatic carbocycles. The zero-order valence-electron chi connectivity index (χ0n) is 8.57. The molecular weight excluding hydrogens is 193 g/mol. The Morgan fingerprint density at radius 1 is 1.53 bits per heavy atom. The third kappa shape index (κ3) is 2.63. The number of benzene rings is 1. The summed E-state index contributed by atoms with van der Waals surface area (Å²) in [6.45, 7) is 0.190. The van der Waals surface area contributed by atoms with Gasteiger partial charge >= 0.3 is 0 Å². The fraction of sp³-hybridized carbons (Fsp3) is 0.182. The minimum atomic E-state index is -0.321. The van der Waals surface area contributed by atoms with Gasteiger partial charge in [0.25, 0.3) is 0 Å². The number of hydrogen-bond acceptors (Lipinski definition) is 3. The molecule has 0 atom stereocenters. The predicted octanol–water partition coefficient (Wildman–Crippen LogP) is 1.28. The first-order valence-electron chi connectivity index (χ1n) is 4.55. The van der Waals surface area contributed by atoms with E-state index in [4.69, 9.17) is 11.5 Å². The summed E-state index contributed by atoms with van der Waals surface area (Å²) in [5.41, 5.74) is 12.6. The van der Waals surface area contributed by atoms with E-state index in [9.17, 15) is 4.39 Å². The molecule has 1 aromatic rings. The third-order valence-corrected chi connectivity index (χ3v) is 2.05. The molecule has 15 heavy (non-hydrogen) atoms. The Morgan fingerprint density at radius 3 is 2.73 bits per heavy atom. The van der Waals surface area contributed by atoms with Gasteiger partial charge in [0.05, 0.1) is 0 Å². The van der Waals surface area contributed by atoms with Crippen LogP contribution in [-0.2, 0) is 6.54 Å². The molecule has 0 saturated heterocycles. The van der Waals surface area contributed by atoms with Crippen molar-refractivity contribution in [1.29, 1.82) is 0 Å². The van der Waals surface area contributed by atoms with E-state index in [-0.39, 0.29) is 12.4 Å². The fourth-order valence-corrected chi connectivity index (χ4v) is 1.25. The van der Waals surface area contributed by atoms with E-state index >= 15 is 0 Å². The molecule has 4 heteroatoms. The van der Waals surface area contributed by atoms with Gasteiger partial charge < -0.3 is 11.5 Å². The van der Waals surface area contributed by atoms with Crippen LogP contribution in [0, 0.1) is 5.82 Å². The Labute approximate surface area is 88.3 Å². The first kappa shape index (κ1) is 11.4. The van der Waals surface area contributed by atoms with Gasteiger partial charge in [-0.3, -0.25) is 4.99 Å². The summed E-state index contributed by atoms with van der Waals surface area (Å²) in [5.74, 6) is -0.321. The highest BCUT2D eigenvalue weighted by Gasteiger charge is 2.04. The Hall–Kier alpha value is -1.68. The van der Waals surface area contributed by atoms with Crippen LogP contribution in [0.25, 0.3) is 5.57 Å².